The number of fused-ring (bicyclic) bond motifs is 2. The Morgan fingerprint density at radius 1 is 1.35 bits per heavy atom. The molecule has 6 heteroatoms. The van der Waals surface area contributed by atoms with Crippen LogP contribution in [0.4, 0.5) is 0 Å². The van der Waals surface area contributed by atoms with Crippen LogP contribution in [0.25, 0.3) is 11.0 Å². The molecule has 4 rings (SSSR count). The Morgan fingerprint density at radius 3 is 2.80 bits per heavy atom. The lowest BCUT2D eigenvalue weighted by Crippen LogP contribution is -2.54. The van der Waals surface area contributed by atoms with E-state index in [1.54, 1.807) is 0 Å². The van der Waals surface area contributed by atoms with Crippen molar-refractivity contribution >= 4 is 16.9 Å². The summed E-state index contributed by atoms with van der Waals surface area (Å²) in [5.41, 5.74) is 1.63. The molecule has 1 saturated carbocycles. The summed E-state index contributed by atoms with van der Waals surface area (Å²) < 4.78 is 5.54. The Bertz CT molecular complexity index is 620. The Labute approximate surface area is 116 Å². The van der Waals surface area contributed by atoms with Crippen LogP contribution >= 0.6 is 0 Å². The SMILES string of the molecule is O=C(Cn1nc2ccccc2n1)N[C@H]1C[C@@H]2OCC[C@H]12. The van der Waals surface area contributed by atoms with Crippen molar-refractivity contribution in [2.75, 3.05) is 6.61 Å². The van der Waals surface area contributed by atoms with Crippen LogP contribution in [0.5, 0.6) is 0 Å². The fourth-order valence-electron chi connectivity index (χ4n) is 3.12. The average Bonchev–Trinajstić information content (AvgIpc) is 2.98. The zero-order valence-electron chi connectivity index (χ0n) is 11.0. The number of hydrogen-bond acceptors (Lipinski definition) is 4. The van der Waals surface area contributed by atoms with Crippen LogP contribution in [0.2, 0.25) is 0 Å². The van der Waals surface area contributed by atoms with E-state index in [-0.39, 0.29) is 18.5 Å². The van der Waals surface area contributed by atoms with Crippen molar-refractivity contribution in [2.45, 2.75) is 31.5 Å². The summed E-state index contributed by atoms with van der Waals surface area (Å²) in [4.78, 5) is 13.5. The summed E-state index contributed by atoms with van der Waals surface area (Å²) in [5.74, 6) is 0.476. The lowest BCUT2D eigenvalue weighted by molar-refractivity contribution is -0.125. The lowest BCUT2D eigenvalue weighted by Gasteiger charge is -2.39. The zero-order valence-corrected chi connectivity index (χ0v) is 11.0. The molecule has 1 aromatic heterocycles. The lowest BCUT2D eigenvalue weighted by atomic mass is 9.76. The van der Waals surface area contributed by atoms with Gasteiger partial charge in [0.1, 0.15) is 17.6 Å². The van der Waals surface area contributed by atoms with Gasteiger partial charge in [-0.25, -0.2) is 0 Å². The third-order valence-corrected chi connectivity index (χ3v) is 4.22. The minimum Gasteiger partial charge on any atom is -0.378 e. The summed E-state index contributed by atoms with van der Waals surface area (Å²) in [5, 5.41) is 11.6. The third kappa shape index (κ3) is 1.96. The van der Waals surface area contributed by atoms with Gasteiger partial charge in [-0.05, 0) is 25.0 Å². The second-order valence-corrected chi connectivity index (χ2v) is 5.49. The highest BCUT2D eigenvalue weighted by molar-refractivity contribution is 5.77. The molecule has 0 radical (unpaired) electrons. The van der Waals surface area contributed by atoms with Gasteiger partial charge in [0.05, 0.1) is 6.10 Å². The number of carbonyl (C=O) groups is 1. The largest absolute Gasteiger partial charge is 0.378 e. The number of nitrogens with one attached hydrogen (secondary N) is 1. The molecule has 0 bridgehead atoms. The number of rotatable bonds is 3. The molecule has 0 unspecified atom stereocenters. The minimum absolute atomic E-state index is 0.0272. The van der Waals surface area contributed by atoms with Gasteiger partial charge in [0.15, 0.2) is 0 Å². The van der Waals surface area contributed by atoms with Crippen molar-refractivity contribution in [3.05, 3.63) is 24.3 Å². The first-order valence-corrected chi connectivity index (χ1v) is 7.00. The highest BCUT2D eigenvalue weighted by Crippen LogP contribution is 2.38. The van der Waals surface area contributed by atoms with E-state index in [2.05, 4.69) is 15.5 Å². The van der Waals surface area contributed by atoms with Gasteiger partial charge < -0.3 is 10.1 Å². The van der Waals surface area contributed by atoms with E-state index in [0.29, 0.717) is 12.0 Å². The summed E-state index contributed by atoms with van der Waals surface area (Å²) in [7, 11) is 0. The number of aromatic nitrogens is 3. The van der Waals surface area contributed by atoms with Crippen LogP contribution in [-0.4, -0.2) is 39.7 Å². The molecular weight excluding hydrogens is 256 g/mol. The molecule has 1 amide bonds. The molecule has 3 atom stereocenters. The second kappa shape index (κ2) is 4.56. The van der Waals surface area contributed by atoms with E-state index in [4.69, 9.17) is 4.74 Å². The molecule has 1 aliphatic heterocycles. The van der Waals surface area contributed by atoms with Gasteiger partial charge in [-0.1, -0.05) is 12.1 Å². The zero-order chi connectivity index (χ0) is 13.5. The van der Waals surface area contributed by atoms with Crippen LogP contribution in [0.1, 0.15) is 12.8 Å². The van der Waals surface area contributed by atoms with E-state index < -0.39 is 0 Å². The summed E-state index contributed by atoms with van der Waals surface area (Å²) in [6.45, 7) is 0.997. The third-order valence-electron chi connectivity index (χ3n) is 4.22. The average molecular weight is 272 g/mol. The molecule has 2 aliphatic rings. The van der Waals surface area contributed by atoms with Gasteiger partial charge in [-0.2, -0.15) is 15.0 Å². The van der Waals surface area contributed by atoms with Gasteiger partial charge in [0.25, 0.3) is 0 Å². The van der Waals surface area contributed by atoms with Crippen LogP contribution < -0.4 is 5.32 Å². The number of amides is 1. The predicted molar refractivity (Wildman–Crippen MR) is 71.9 cm³/mol. The Hall–Kier alpha value is -1.95. The Kier molecular flexibility index (Phi) is 2.70. The quantitative estimate of drug-likeness (QED) is 0.894. The van der Waals surface area contributed by atoms with E-state index >= 15 is 0 Å². The first-order valence-electron chi connectivity index (χ1n) is 7.00. The van der Waals surface area contributed by atoms with Crippen LogP contribution in [0, 0.1) is 5.92 Å². The molecule has 1 saturated heterocycles. The molecule has 20 heavy (non-hydrogen) atoms. The second-order valence-electron chi connectivity index (χ2n) is 5.49. The van der Waals surface area contributed by atoms with Crippen molar-refractivity contribution in [3.63, 3.8) is 0 Å². The van der Waals surface area contributed by atoms with Gasteiger partial charge in [-0.15, -0.1) is 0 Å². The molecule has 6 nitrogen and oxygen atoms in total. The molecule has 104 valence electrons. The molecule has 2 heterocycles. The molecule has 1 aliphatic carbocycles. The van der Waals surface area contributed by atoms with E-state index in [1.165, 1.54) is 4.80 Å². The number of benzene rings is 1. The maximum Gasteiger partial charge on any atom is 0.243 e. The number of nitrogens with zero attached hydrogens (tertiary/aromatic N) is 3. The van der Waals surface area contributed by atoms with Crippen LogP contribution in [0.3, 0.4) is 0 Å². The summed E-state index contributed by atoms with van der Waals surface area (Å²) in [6.07, 6.45) is 2.36. The molecule has 2 aromatic rings. The summed E-state index contributed by atoms with van der Waals surface area (Å²) in [6, 6.07) is 7.87. The van der Waals surface area contributed by atoms with Crippen molar-refractivity contribution in [2.24, 2.45) is 5.92 Å². The Balaban J connectivity index is 1.40. The Morgan fingerprint density at radius 2 is 2.10 bits per heavy atom. The number of ether oxygens (including phenoxy) is 1. The van der Waals surface area contributed by atoms with E-state index in [0.717, 1.165) is 30.5 Å². The maximum absolute atomic E-state index is 12.0. The van der Waals surface area contributed by atoms with Crippen molar-refractivity contribution in [1.29, 1.82) is 0 Å². The van der Waals surface area contributed by atoms with Gasteiger partial charge in [0.2, 0.25) is 5.91 Å². The predicted octanol–water partition coefficient (Wildman–Crippen LogP) is 0.725. The molecule has 1 aromatic carbocycles. The first-order chi connectivity index (χ1) is 9.79. The van der Waals surface area contributed by atoms with Crippen LogP contribution in [-0.2, 0) is 16.1 Å². The standard InChI is InChI=1S/C14H16N4O2/c19-14(15-12-7-13-9(12)5-6-20-13)8-18-16-10-3-1-2-4-11(10)17-18/h1-4,9,12-13H,5-8H2,(H,15,19)/t9-,12+,13+/m1/s1. The van der Waals surface area contributed by atoms with E-state index in [9.17, 15) is 4.79 Å². The van der Waals surface area contributed by atoms with Gasteiger partial charge in [0, 0.05) is 18.6 Å². The highest BCUT2D eigenvalue weighted by atomic mass is 16.5. The minimum atomic E-state index is -0.0272. The summed E-state index contributed by atoms with van der Waals surface area (Å²) >= 11 is 0. The fourth-order valence-corrected chi connectivity index (χ4v) is 3.12. The monoisotopic (exact) mass is 272 g/mol. The van der Waals surface area contributed by atoms with Crippen molar-refractivity contribution in [1.82, 2.24) is 20.3 Å². The number of carbonyl (C=O) groups excluding carboxylic acids is 1. The van der Waals surface area contributed by atoms with Crippen LogP contribution in [0.15, 0.2) is 24.3 Å². The fraction of sp³-hybridized carbons (Fsp3) is 0.500. The molecular formula is C14H16N4O2. The topological polar surface area (TPSA) is 69.0 Å². The molecule has 1 N–H and O–H groups in total. The molecule has 2 fully saturated rings. The molecule has 0 spiro atoms. The highest BCUT2D eigenvalue weighted by Gasteiger charge is 2.45. The van der Waals surface area contributed by atoms with Gasteiger partial charge >= 0.3 is 0 Å². The first kappa shape index (κ1) is 11.8. The van der Waals surface area contributed by atoms with Crippen molar-refractivity contribution < 1.29 is 9.53 Å². The normalized spacial score (nSPS) is 28.1. The number of hydrogen-bond donors (Lipinski definition) is 1. The maximum atomic E-state index is 12.0. The smallest absolute Gasteiger partial charge is 0.243 e. The van der Waals surface area contributed by atoms with E-state index in [1.807, 2.05) is 24.3 Å². The van der Waals surface area contributed by atoms with Gasteiger partial charge in [-0.3, -0.25) is 4.79 Å². The van der Waals surface area contributed by atoms with Crippen molar-refractivity contribution in [3.8, 4) is 0 Å².